The molecule has 1 saturated heterocycles. The van der Waals surface area contributed by atoms with Crippen molar-refractivity contribution >= 4 is 5.91 Å². The minimum atomic E-state index is -0.559. The van der Waals surface area contributed by atoms with Crippen LogP contribution in [0, 0.1) is 11.3 Å². The largest absolute Gasteiger partial charge is 0.497 e. The molecule has 1 fully saturated rings. The van der Waals surface area contributed by atoms with Gasteiger partial charge in [-0.15, -0.1) is 0 Å². The van der Waals surface area contributed by atoms with E-state index in [1.807, 2.05) is 62.6 Å². The summed E-state index contributed by atoms with van der Waals surface area (Å²) in [6.45, 7) is 0.0556. The molecule has 1 aliphatic heterocycles. The molecule has 1 amide bonds. The fourth-order valence-electron chi connectivity index (χ4n) is 3.78. The predicted molar refractivity (Wildman–Crippen MR) is 107 cm³/mol. The van der Waals surface area contributed by atoms with Gasteiger partial charge in [-0.2, -0.15) is 5.26 Å². The number of nitriles is 1. The first-order valence-electron chi connectivity index (χ1n) is 9.21. The van der Waals surface area contributed by atoms with Crippen molar-refractivity contribution in [2.45, 2.75) is 18.0 Å². The Balaban J connectivity index is 1.80. The number of carbonyl (C=O) groups excluding carboxylic acids is 1. The lowest BCUT2D eigenvalue weighted by Crippen LogP contribution is -2.66. The molecule has 6 heteroatoms. The zero-order valence-electron chi connectivity index (χ0n) is 16.4. The van der Waals surface area contributed by atoms with Gasteiger partial charge in [-0.25, -0.2) is 0 Å². The van der Waals surface area contributed by atoms with E-state index in [2.05, 4.69) is 6.07 Å². The maximum atomic E-state index is 12.5. The Morgan fingerprint density at radius 3 is 2.18 bits per heavy atom. The molecule has 2 aromatic rings. The van der Waals surface area contributed by atoms with Gasteiger partial charge < -0.3 is 19.6 Å². The van der Waals surface area contributed by atoms with Crippen LogP contribution >= 0.6 is 0 Å². The molecule has 0 aliphatic carbocycles. The van der Waals surface area contributed by atoms with Crippen molar-refractivity contribution in [1.29, 1.82) is 5.26 Å². The Morgan fingerprint density at radius 1 is 1.14 bits per heavy atom. The van der Waals surface area contributed by atoms with Gasteiger partial charge in [-0.05, 0) is 42.9 Å². The quantitative estimate of drug-likeness (QED) is 0.832. The zero-order valence-corrected chi connectivity index (χ0v) is 16.4. The van der Waals surface area contributed by atoms with Gasteiger partial charge in [0.05, 0.1) is 32.4 Å². The molecule has 0 aromatic heterocycles. The van der Waals surface area contributed by atoms with Crippen molar-refractivity contribution in [3.8, 4) is 22.9 Å². The zero-order chi connectivity index (χ0) is 20.3. The van der Waals surface area contributed by atoms with E-state index in [1.54, 1.807) is 12.0 Å². The normalized spacial score (nSPS) is 21.1. The molecule has 0 spiro atoms. The smallest absolute Gasteiger partial charge is 0.238 e. The van der Waals surface area contributed by atoms with Crippen LogP contribution in [0.15, 0.2) is 48.5 Å². The number of aliphatic hydroxyl groups excluding tert-OH is 1. The fourth-order valence-corrected chi connectivity index (χ4v) is 3.78. The molecule has 0 unspecified atom stereocenters. The van der Waals surface area contributed by atoms with Gasteiger partial charge in [-0.3, -0.25) is 4.79 Å². The van der Waals surface area contributed by atoms with E-state index in [4.69, 9.17) is 4.74 Å². The number of aliphatic hydroxyl groups is 1. The lowest BCUT2D eigenvalue weighted by atomic mass is 9.75. The van der Waals surface area contributed by atoms with Gasteiger partial charge in [0, 0.05) is 5.92 Å². The van der Waals surface area contributed by atoms with Crippen LogP contribution in [0.3, 0.4) is 0 Å². The van der Waals surface area contributed by atoms with Crippen LogP contribution in [0.25, 0.3) is 11.1 Å². The third-order valence-corrected chi connectivity index (χ3v) is 5.19. The standard InChI is InChI=1S/C22H25N3O3/c1-24(2)13-21(27)25-19(12-23)22(20(25)14-26)17-6-4-15(5-7-17)16-8-10-18(28-3)11-9-16/h4-11,19-20,22,26H,13-14H2,1-3H3/t19-,20-,22-/m1/s1. The second-order valence-electron chi connectivity index (χ2n) is 7.24. The molecule has 28 heavy (non-hydrogen) atoms. The Hall–Kier alpha value is -2.88. The molecular weight excluding hydrogens is 354 g/mol. The summed E-state index contributed by atoms with van der Waals surface area (Å²) in [5.41, 5.74) is 3.08. The van der Waals surface area contributed by atoms with E-state index < -0.39 is 6.04 Å². The number of ether oxygens (including phenoxy) is 1. The molecule has 1 N–H and O–H groups in total. The highest BCUT2D eigenvalue weighted by Gasteiger charge is 2.51. The molecule has 1 heterocycles. The summed E-state index contributed by atoms with van der Waals surface area (Å²) in [7, 11) is 5.25. The van der Waals surface area contributed by atoms with Crippen molar-refractivity contribution in [3.63, 3.8) is 0 Å². The lowest BCUT2D eigenvalue weighted by molar-refractivity contribution is -0.147. The first-order valence-corrected chi connectivity index (χ1v) is 9.21. The molecule has 3 atom stereocenters. The van der Waals surface area contributed by atoms with Gasteiger partial charge in [-0.1, -0.05) is 36.4 Å². The maximum Gasteiger partial charge on any atom is 0.238 e. The molecule has 0 radical (unpaired) electrons. The van der Waals surface area contributed by atoms with E-state index in [-0.39, 0.29) is 31.0 Å². The van der Waals surface area contributed by atoms with Crippen molar-refractivity contribution in [2.24, 2.45) is 0 Å². The topological polar surface area (TPSA) is 76.8 Å². The van der Waals surface area contributed by atoms with Gasteiger partial charge in [0.1, 0.15) is 11.8 Å². The molecule has 2 aromatic carbocycles. The number of hydrogen-bond donors (Lipinski definition) is 1. The van der Waals surface area contributed by atoms with Crippen LogP contribution in [0.2, 0.25) is 0 Å². The third-order valence-electron chi connectivity index (χ3n) is 5.19. The van der Waals surface area contributed by atoms with Gasteiger partial charge in [0.25, 0.3) is 0 Å². The monoisotopic (exact) mass is 379 g/mol. The molecule has 0 saturated carbocycles. The van der Waals surface area contributed by atoms with E-state index in [0.29, 0.717) is 0 Å². The first-order chi connectivity index (χ1) is 13.5. The highest BCUT2D eigenvalue weighted by Crippen LogP contribution is 2.41. The molecule has 6 nitrogen and oxygen atoms in total. The number of amides is 1. The number of rotatable bonds is 6. The van der Waals surface area contributed by atoms with Crippen LogP contribution in [0.5, 0.6) is 5.75 Å². The summed E-state index contributed by atoms with van der Waals surface area (Å²) in [5.74, 6) is 0.479. The average Bonchev–Trinajstić information content (AvgIpc) is 2.68. The van der Waals surface area contributed by atoms with Gasteiger partial charge in [0.2, 0.25) is 5.91 Å². The summed E-state index contributed by atoms with van der Waals surface area (Å²) >= 11 is 0. The minimum Gasteiger partial charge on any atom is -0.497 e. The van der Waals surface area contributed by atoms with E-state index >= 15 is 0 Å². The third kappa shape index (κ3) is 3.72. The van der Waals surface area contributed by atoms with Crippen LogP contribution in [-0.4, -0.2) is 67.3 Å². The van der Waals surface area contributed by atoms with E-state index in [1.165, 1.54) is 4.90 Å². The number of methoxy groups -OCH3 is 1. The summed E-state index contributed by atoms with van der Waals surface area (Å²) < 4.78 is 5.19. The Kier molecular flexibility index (Phi) is 5.98. The highest BCUT2D eigenvalue weighted by molar-refractivity contribution is 5.81. The lowest BCUT2D eigenvalue weighted by Gasteiger charge is -2.51. The predicted octanol–water partition coefficient (Wildman–Crippen LogP) is 2.10. The molecule has 146 valence electrons. The average molecular weight is 379 g/mol. The summed E-state index contributed by atoms with van der Waals surface area (Å²) in [6, 6.07) is 17.1. The number of likely N-dealkylation sites (tertiary alicyclic amines) is 1. The Morgan fingerprint density at radius 2 is 1.71 bits per heavy atom. The van der Waals surface area contributed by atoms with Crippen LogP contribution in [-0.2, 0) is 4.79 Å². The van der Waals surface area contributed by atoms with Crippen LogP contribution in [0.4, 0.5) is 0 Å². The number of benzene rings is 2. The Labute approximate surface area is 165 Å². The molecule has 1 aliphatic rings. The van der Waals surface area contributed by atoms with Crippen molar-refractivity contribution in [3.05, 3.63) is 54.1 Å². The van der Waals surface area contributed by atoms with Crippen LogP contribution < -0.4 is 4.74 Å². The fraction of sp³-hybridized carbons (Fsp3) is 0.364. The second kappa shape index (κ2) is 8.42. The van der Waals surface area contributed by atoms with Crippen molar-refractivity contribution in [1.82, 2.24) is 9.80 Å². The number of hydrogen-bond acceptors (Lipinski definition) is 5. The van der Waals surface area contributed by atoms with Crippen LogP contribution in [0.1, 0.15) is 11.5 Å². The molecule has 3 rings (SSSR count). The van der Waals surface area contributed by atoms with Gasteiger partial charge in [0.15, 0.2) is 0 Å². The van der Waals surface area contributed by atoms with E-state index in [0.717, 1.165) is 22.4 Å². The Bertz CT molecular complexity index is 856. The summed E-state index contributed by atoms with van der Waals surface area (Å²) in [4.78, 5) is 15.7. The SMILES string of the molecule is COc1ccc(-c2ccc([C@@H]3[C@@H](C#N)N(C(=O)CN(C)C)[C@@H]3CO)cc2)cc1. The van der Waals surface area contributed by atoms with Crippen molar-refractivity contribution in [2.75, 3.05) is 34.4 Å². The highest BCUT2D eigenvalue weighted by atomic mass is 16.5. The van der Waals surface area contributed by atoms with Crippen molar-refractivity contribution < 1.29 is 14.6 Å². The summed E-state index contributed by atoms with van der Waals surface area (Å²) in [5, 5.41) is 19.5. The molecular formula is C22H25N3O3. The van der Waals surface area contributed by atoms with Gasteiger partial charge >= 0.3 is 0 Å². The number of carbonyl (C=O) groups is 1. The summed E-state index contributed by atoms with van der Waals surface area (Å²) in [6.07, 6.45) is 0. The molecule has 0 bridgehead atoms. The van der Waals surface area contributed by atoms with E-state index in [9.17, 15) is 15.2 Å². The maximum absolute atomic E-state index is 12.5. The number of likely N-dealkylation sites (N-methyl/N-ethyl adjacent to an activating group) is 1. The first kappa shape index (κ1) is 19.9. The second-order valence-corrected chi connectivity index (χ2v) is 7.24. The minimum absolute atomic E-state index is 0.137. The number of nitrogens with zero attached hydrogens (tertiary/aromatic N) is 3.